The number of carboxylic acid groups (broad SMARTS) is 1. The van der Waals surface area contributed by atoms with E-state index in [1.807, 2.05) is 13.8 Å². The third kappa shape index (κ3) is 4.95. The summed E-state index contributed by atoms with van der Waals surface area (Å²) in [4.78, 5) is 11.2. The molecule has 0 spiro atoms. The van der Waals surface area contributed by atoms with Gasteiger partial charge in [0, 0.05) is 12.6 Å². The highest BCUT2D eigenvalue weighted by atomic mass is 32.2. The molecule has 0 amide bonds. The summed E-state index contributed by atoms with van der Waals surface area (Å²) < 4.78 is 27.8. The Morgan fingerprint density at radius 2 is 1.92 bits per heavy atom. The maximum atomic E-state index is 12.6. The van der Waals surface area contributed by atoms with E-state index < -0.39 is 16.0 Å². The average Bonchev–Trinajstić information content (AvgIpc) is 2.54. The van der Waals surface area contributed by atoms with Gasteiger partial charge in [0.15, 0.2) is 0 Å². The number of carbonyl (C=O) groups is 1. The summed E-state index contributed by atoms with van der Waals surface area (Å²) in [5.74, 6) is -0.975. The molecule has 1 saturated carbocycles. The normalized spacial score (nSPS) is 16.3. The number of anilines is 1. The number of nitrogens with one attached hydrogen (secondary N) is 2. The second-order valence-electron chi connectivity index (χ2n) is 6.74. The number of hydrogen-bond donors (Lipinski definition) is 3. The van der Waals surface area contributed by atoms with Gasteiger partial charge in [-0.1, -0.05) is 33.1 Å². The molecule has 0 saturated heterocycles. The fourth-order valence-corrected chi connectivity index (χ4v) is 4.22. The molecule has 0 bridgehead atoms. The van der Waals surface area contributed by atoms with E-state index in [4.69, 9.17) is 5.11 Å². The summed E-state index contributed by atoms with van der Waals surface area (Å²) in [5.41, 5.74) is 0.442. The smallest absolute Gasteiger partial charge is 0.335 e. The van der Waals surface area contributed by atoms with Gasteiger partial charge in [0.05, 0.1) is 11.3 Å². The van der Waals surface area contributed by atoms with Crippen LogP contribution < -0.4 is 10.0 Å². The third-order valence-electron chi connectivity index (χ3n) is 4.16. The van der Waals surface area contributed by atoms with Crippen molar-refractivity contribution in [2.45, 2.75) is 56.9 Å². The predicted octanol–water partition coefficient (Wildman–Crippen LogP) is 3.06. The molecule has 1 aromatic carbocycles. The minimum absolute atomic E-state index is 0.00798. The molecule has 0 atom stereocenters. The van der Waals surface area contributed by atoms with Crippen molar-refractivity contribution in [2.75, 3.05) is 11.9 Å². The van der Waals surface area contributed by atoms with Crippen LogP contribution in [0.4, 0.5) is 5.69 Å². The summed E-state index contributed by atoms with van der Waals surface area (Å²) in [7, 11) is -3.77. The molecule has 0 unspecified atom stereocenters. The van der Waals surface area contributed by atoms with Crippen LogP contribution in [-0.4, -0.2) is 32.1 Å². The Bertz CT molecular complexity index is 680. The maximum Gasteiger partial charge on any atom is 0.335 e. The molecule has 3 N–H and O–H groups in total. The van der Waals surface area contributed by atoms with Gasteiger partial charge in [0.2, 0.25) is 10.0 Å². The zero-order valence-electron chi connectivity index (χ0n) is 14.2. The molecule has 7 heteroatoms. The SMILES string of the molecule is CC(C)CNS(=O)(=O)c1cc(C(=O)O)ccc1NC1CCCCC1. The van der Waals surface area contributed by atoms with E-state index >= 15 is 0 Å². The molecule has 1 fully saturated rings. The molecule has 1 aliphatic carbocycles. The van der Waals surface area contributed by atoms with Gasteiger partial charge in [0.1, 0.15) is 4.90 Å². The Kier molecular flexibility index (Phi) is 6.23. The molecule has 0 heterocycles. The van der Waals surface area contributed by atoms with Gasteiger partial charge < -0.3 is 10.4 Å². The fraction of sp³-hybridized carbons (Fsp3) is 0.588. The quantitative estimate of drug-likeness (QED) is 0.699. The minimum atomic E-state index is -3.77. The Morgan fingerprint density at radius 3 is 2.50 bits per heavy atom. The van der Waals surface area contributed by atoms with Crippen LogP contribution in [-0.2, 0) is 10.0 Å². The van der Waals surface area contributed by atoms with Crippen molar-refractivity contribution in [3.05, 3.63) is 23.8 Å². The monoisotopic (exact) mass is 354 g/mol. The van der Waals surface area contributed by atoms with Crippen molar-refractivity contribution in [1.29, 1.82) is 0 Å². The molecule has 6 nitrogen and oxygen atoms in total. The van der Waals surface area contributed by atoms with Crippen LogP contribution in [0.25, 0.3) is 0 Å². The van der Waals surface area contributed by atoms with E-state index in [0.717, 1.165) is 25.7 Å². The highest BCUT2D eigenvalue weighted by Crippen LogP contribution is 2.27. The van der Waals surface area contributed by atoms with Crippen LogP contribution in [0.1, 0.15) is 56.3 Å². The van der Waals surface area contributed by atoms with E-state index in [1.165, 1.54) is 18.6 Å². The molecule has 2 rings (SSSR count). The van der Waals surface area contributed by atoms with E-state index in [2.05, 4.69) is 10.0 Å². The first kappa shape index (κ1) is 18.7. The van der Waals surface area contributed by atoms with Crippen molar-refractivity contribution in [1.82, 2.24) is 4.72 Å². The second kappa shape index (κ2) is 7.98. The van der Waals surface area contributed by atoms with Crippen LogP contribution in [0.3, 0.4) is 0 Å². The zero-order valence-corrected chi connectivity index (χ0v) is 15.0. The standard InChI is InChI=1S/C17H26N2O4S/c1-12(2)11-18-24(22,23)16-10-13(17(20)21)8-9-15(16)19-14-6-4-3-5-7-14/h8-10,12,14,18-19H,3-7,11H2,1-2H3,(H,20,21). The second-order valence-corrected chi connectivity index (χ2v) is 8.48. The largest absolute Gasteiger partial charge is 0.478 e. The Morgan fingerprint density at radius 1 is 1.25 bits per heavy atom. The summed E-state index contributed by atoms with van der Waals surface area (Å²) in [6, 6.07) is 4.46. The predicted molar refractivity (Wildman–Crippen MR) is 93.9 cm³/mol. The van der Waals surface area contributed by atoms with Crippen molar-refractivity contribution in [3.63, 3.8) is 0 Å². The molecule has 1 aromatic rings. The Labute approximate surface area is 143 Å². The lowest BCUT2D eigenvalue weighted by atomic mass is 9.95. The molecule has 0 aliphatic heterocycles. The van der Waals surface area contributed by atoms with Gasteiger partial charge in [-0.2, -0.15) is 0 Å². The average molecular weight is 354 g/mol. The van der Waals surface area contributed by atoms with Gasteiger partial charge in [-0.3, -0.25) is 0 Å². The maximum absolute atomic E-state index is 12.6. The number of rotatable bonds is 7. The molecule has 0 aromatic heterocycles. The topological polar surface area (TPSA) is 95.5 Å². The first-order valence-corrected chi connectivity index (χ1v) is 9.91. The lowest BCUT2D eigenvalue weighted by Gasteiger charge is -2.25. The molecule has 24 heavy (non-hydrogen) atoms. The van der Waals surface area contributed by atoms with Crippen molar-refractivity contribution in [2.24, 2.45) is 5.92 Å². The van der Waals surface area contributed by atoms with E-state index in [-0.39, 0.29) is 22.4 Å². The molecular weight excluding hydrogens is 328 g/mol. The fourth-order valence-electron chi connectivity index (χ4n) is 2.82. The van der Waals surface area contributed by atoms with Crippen molar-refractivity contribution < 1.29 is 18.3 Å². The lowest BCUT2D eigenvalue weighted by molar-refractivity contribution is 0.0696. The van der Waals surface area contributed by atoms with E-state index in [1.54, 1.807) is 6.07 Å². The van der Waals surface area contributed by atoms with Gasteiger partial charge in [-0.25, -0.2) is 17.9 Å². The van der Waals surface area contributed by atoms with Crippen LogP contribution in [0.2, 0.25) is 0 Å². The highest BCUT2D eigenvalue weighted by Gasteiger charge is 2.23. The van der Waals surface area contributed by atoms with Gasteiger partial charge in [-0.15, -0.1) is 0 Å². The van der Waals surface area contributed by atoms with Gasteiger partial charge >= 0.3 is 5.97 Å². The number of sulfonamides is 1. The summed E-state index contributed by atoms with van der Waals surface area (Å²) in [5, 5.41) is 12.5. The Balaban J connectivity index is 2.33. The summed E-state index contributed by atoms with van der Waals surface area (Å²) in [6.07, 6.45) is 5.45. The van der Waals surface area contributed by atoms with Crippen molar-refractivity contribution in [3.8, 4) is 0 Å². The summed E-state index contributed by atoms with van der Waals surface area (Å²) in [6.45, 7) is 4.14. The number of hydrogen-bond acceptors (Lipinski definition) is 4. The summed E-state index contributed by atoms with van der Waals surface area (Å²) >= 11 is 0. The van der Waals surface area contributed by atoms with Crippen LogP contribution in [0.5, 0.6) is 0 Å². The van der Waals surface area contributed by atoms with Crippen LogP contribution in [0.15, 0.2) is 23.1 Å². The van der Waals surface area contributed by atoms with Crippen LogP contribution >= 0.6 is 0 Å². The first-order chi connectivity index (χ1) is 11.3. The lowest BCUT2D eigenvalue weighted by Crippen LogP contribution is -2.30. The van der Waals surface area contributed by atoms with Crippen LogP contribution in [0, 0.1) is 5.92 Å². The van der Waals surface area contributed by atoms with E-state index in [9.17, 15) is 13.2 Å². The molecule has 134 valence electrons. The molecule has 0 radical (unpaired) electrons. The number of aromatic carboxylic acids is 1. The highest BCUT2D eigenvalue weighted by molar-refractivity contribution is 7.89. The molecule has 1 aliphatic rings. The molecular formula is C17H26N2O4S. The Hall–Kier alpha value is -1.60. The zero-order chi connectivity index (χ0) is 17.7. The third-order valence-corrected chi connectivity index (χ3v) is 5.63. The van der Waals surface area contributed by atoms with Crippen molar-refractivity contribution >= 4 is 21.7 Å². The number of carboxylic acids is 1. The number of benzene rings is 1. The van der Waals surface area contributed by atoms with Gasteiger partial charge in [0.25, 0.3) is 0 Å². The van der Waals surface area contributed by atoms with E-state index in [0.29, 0.717) is 12.2 Å². The first-order valence-electron chi connectivity index (χ1n) is 8.43. The minimum Gasteiger partial charge on any atom is -0.478 e. The van der Waals surface area contributed by atoms with Gasteiger partial charge in [-0.05, 0) is 37.0 Å².